The van der Waals surface area contributed by atoms with Crippen LogP contribution in [0.1, 0.15) is 39.5 Å². The normalized spacial score (nSPS) is 11.3. The fourth-order valence-corrected chi connectivity index (χ4v) is 1.43. The van der Waals surface area contributed by atoms with Gasteiger partial charge in [0.05, 0.1) is 13.0 Å². The molecule has 0 aromatic rings. The van der Waals surface area contributed by atoms with Crippen LogP contribution in [0.3, 0.4) is 0 Å². The van der Waals surface area contributed by atoms with E-state index in [4.69, 9.17) is 16.3 Å². The Morgan fingerprint density at radius 3 is 2.35 bits per heavy atom. The second-order valence-corrected chi connectivity index (χ2v) is 4.60. The summed E-state index contributed by atoms with van der Waals surface area (Å²) in [5.41, 5.74) is -0.902. The van der Waals surface area contributed by atoms with Crippen molar-refractivity contribution in [2.75, 3.05) is 19.6 Å². The molecule has 100 valence electrons. The molecule has 0 radical (unpaired) electrons. The minimum absolute atomic E-state index is 0.0717. The predicted molar refractivity (Wildman–Crippen MR) is 66.2 cm³/mol. The number of ether oxygens (including phenoxy) is 2. The van der Waals surface area contributed by atoms with Crippen LogP contribution >= 0.6 is 11.6 Å². The van der Waals surface area contributed by atoms with E-state index in [0.29, 0.717) is 13.0 Å². The number of ketones is 1. The minimum atomic E-state index is -0.902. The van der Waals surface area contributed by atoms with E-state index < -0.39 is 5.60 Å². The van der Waals surface area contributed by atoms with Crippen molar-refractivity contribution in [3.05, 3.63) is 0 Å². The molecule has 0 saturated carbocycles. The summed E-state index contributed by atoms with van der Waals surface area (Å²) < 4.78 is 10.0. The molecule has 0 saturated heterocycles. The first-order chi connectivity index (χ1) is 7.94. The summed E-state index contributed by atoms with van der Waals surface area (Å²) in [4.78, 5) is 22.2. The topological polar surface area (TPSA) is 52.6 Å². The van der Waals surface area contributed by atoms with Gasteiger partial charge in [-0.3, -0.25) is 4.79 Å². The van der Waals surface area contributed by atoms with Crippen LogP contribution < -0.4 is 0 Å². The number of hydrogen-bond donors (Lipinski definition) is 0. The highest BCUT2D eigenvalue weighted by atomic mass is 35.5. The minimum Gasteiger partial charge on any atom is -0.467 e. The molecule has 4 nitrogen and oxygen atoms in total. The molecule has 0 rings (SSSR count). The van der Waals surface area contributed by atoms with E-state index in [1.165, 1.54) is 7.11 Å². The molecule has 0 N–H and O–H groups in total. The van der Waals surface area contributed by atoms with Crippen molar-refractivity contribution in [3.63, 3.8) is 0 Å². The Balaban J connectivity index is 3.58. The van der Waals surface area contributed by atoms with E-state index in [0.717, 1.165) is 19.3 Å². The number of carbonyl (C=O) groups is 2. The first-order valence-electron chi connectivity index (χ1n) is 5.74. The summed E-state index contributed by atoms with van der Waals surface area (Å²) in [6.07, 6.45) is 3.04. The molecule has 0 aliphatic rings. The number of halogens is 1. The smallest absolute Gasteiger partial charge is 0.337 e. The highest BCUT2D eigenvalue weighted by Gasteiger charge is 2.29. The third-order valence-corrected chi connectivity index (χ3v) is 2.69. The van der Waals surface area contributed by atoms with Crippen molar-refractivity contribution in [2.24, 2.45) is 0 Å². The zero-order valence-electron chi connectivity index (χ0n) is 10.8. The molecule has 0 amide bonds. The molecule has 0 spiro atoms. The maximum atomic E-state index is 11.3. The molecule has 0 heterocycles. The molecule has 0 atom stereocenters. The Labute approximate surface area is 108 Å². The summed E-state index contributed by atoms with van der Waals surface area (Å²) in [7, 11) is 1.34. The van der Waals surface area contributed by atoms with E-state index in [2.05, 4.69) is 4.74 Å². The van der Waals surface area contributed by atoms with E-state index in [1.54, 1.807) is 13.8 Å². The zero-order chi connectivity index (χ0) is 13.3. The summed E-state index contributed by atoms with van der Waals surface area (Å²) >= 11 is 5.38. The molecule has 0 aromatic heterocycles. The van der Waals surface area contributed by atoms with E-state index in [1.807, 2.05) is 0 Å². The van der Waals surface area contributed by atoms with E-state index >= 15 is 0 Å². The molecule has 0 aromatic carbocycles. The molecule has 0 aliphatic heterocycles. The third kappa shape index (κ3) is 7.34. The average molecular weight is 265 g/mol. The SMILES string of the molecule is COC(=O)C(C)(C)OCCCCCC(=O)CCl. The fourth-order valence-electron chi connectivity index (χ4n) is 1.30. The van der Waals surface area contributed by atoms with Crippen LogP contribution in [0.4, 0.5) is 0 Å². The number of rotatable bonds is 9. The summed E-state index contributed by atoms with van der Waals surface area (Å²) in [6.45, 7) is 3.84. The Morgan fingerprint density at radius 2 is 1.82 bits per heavy atom. The van der Waals surface area contributed by atoms with Gasteiger partial charge in [-0.25, -0.2) is 4.79 Å². The lowest BCUT2D eigenvalue weighted by atomic mass is 10.1. The largest absolute Gasteiger partial charge is 0.467 e. The third-order valence-electron chi connectivity index (χ3n) is 2.39. The molecule has 5 heteroatoms. The van der Waals surface area contributed by atoms with Crippen LogP contribution in [-0.4, -0.2) is 37.0 Å². The van der Waals surface area contributed by atoms with E-state index in [9.17, 15) is 9.59 Å². The first-order valence-corrected chi connectivity index (χ1v) is 6.27. The fraction of sp³-hybridized carbons (Fsp3) is 0.833. The van der Waals surface area contributed by atoms with Gasteiger partial charge in [-0.05, 0) is 26.7 Å². The van der Waals surface area contributed by atoms with Crippen LogP contribution in [0.5, 0.6) is 0 Å². The second-order valence-electron chi connectivity index (χ2n) is 4.33. The lowest BCUT2D eigenvalue weighted by Gasteiger charge is -2.21. The average Bonchev–Trinajstić information content (AvgIpc) is 2.31. The van der Waals surface area contributed by atoms with Crippen LogP contribution in [0.2, 0.25) is 0 Å². The van der Waals surface area contributed by atoms with Gasteiger partial charge in [0.1, 0.15) is 5.78 Å². The van der Waals surface area contributed by atoms with Crippen molar-refractivity contribution >= 4 is 23.4 Å². The summed E-state index contributed by atoms with van der Waals surface area (Å²) in [5.74, 6) is -0.219. The van der Waals surface area contributed by atoms with Crippen molar-refractivity contribution in [1.29, 1.82) is 0 Å². The summed E-state index contributed by atoms with van der Waals surface area (Å²) in [6, 6.07) is 0. The Bertz CT molecular complexity index is 251. The van der Waals surface area contributed by atoms with Crippen LogP contribution in [-0.2, 0) is 19.1 Å². The quantitative estimate of drug-likeness (QED) is 0.364. The van der Waals surface area contributed by atoms with E-state index in [-0.39, 0.29) is 17.6 Å². The van der Waals surface area contributed by atoms with Gasteiger partial charge in [0.25, 0.3) is 0 Å². The maximum absolute atomic E-state index is 11.3. The van der Waals surface area contributed by atoms with Gasteiger partial charge in [0.15, 0.2) is 5.60 Å². The van der Waals surface area contributed by atoms with Gasteiger partial charge in [-0.1, -0.05) is 6.42 Å². The van der Waals surface area contributed by atoms with Gasteiger partial charge in [0, 0.05) is 13.0 Å². The van der Waals surface area contributed by atoms with Crippen molar-refractivity contribution in [3.8, 4) is 0 Å². The maximum Gasteiger partial charge on any atom is 0.337 e. The Morgan fingerprint density at radius 1 is 1.18 bits per heavy atom. The Hall–Kier alpha value is -0.610. The standard InChI is InChI=1S/C12H21ClO4/c1-12(2,11(15)16-3)17-8-6-4-5-7-10(14)9-13/h4-9H2,1-3H3. The van der Waals surface area contributed by atoms with Crippen molar-refractivity contribution in [2.45, 2.75) is 45.1 Å². The van der Waals surface area contributed by atoms with Gasteiger partial charge in [-0.2, -0.15) is 0 Å². The zero-order valence-corrected chi connectivity index (χ0v) is 11.5. The number of methoxy groups -OCH3 is 1. The van der Waals surface area contributed by atoms with Gasteiger partial charge in [-0.15, -0.1) is 11.6 Å². The number of unbranched alkanes of at least 4 members (excludes halogenated alkanes) is 2. The first kappa shape index (κ1) is 16.4. The molecule has 0 unspecified atom stereocenters. The number of Topliss-reactive ketones (excluding diaryl/α,β-unsaturated/α-hetero) is 1. The van der Waals surface area contributed by atoms with Crippen molar-refractivity contribution < 1.29 is 19.1 Å². The Kier molecular flexibility index (Phi) is 8.17. The lowest BCUT2D eigenvalue weighted by molar-refractivity contribution is -0.165. The van der Waals surface area contributed by atoms with Crippen LogP contribution in [0.15, 0.2) is 0 Å². The van der Waals surface area contributed by atoms with Gasteiger partial charge in [0.2, 0.25) is 0 Å². The van der Waals surface area contributed by atoms with Gasteiger partial charge < -0.3 is 9.47 Å². The lowest BCUT2D eigenvalue weighted by Crippen LogP contribution is -2.36. The molecule has 0 aliphatic carbocycles. The number of hydrogen-bond acceptors (Lipinski definition) is 4. The van der Waals surface area contributed by atoms with Crippen LogP contribution in [0.25, 0.3) is 0 Å². The molecule has 0 bridgehead atoms. The number of carbonyl (C=O) groups excluding carboxylic acids is 2. The van der Waals surface area contributed by atoms with Crippen molar-refractivity contribution in [1.82, 2.24) is 0 Å². The second kappa shape index (κ2) is 8.48. The highest BCUT2D eigenvalue weighted by molar-refractivity contribution is 6.27. The number of esters is 1. The molecular formula is C12H21ClO4. The van der Waals surface area contributed by atoms with Crippen LogP contribution in [0, 0.1) is 0 Å². The molecular weight excluding hydrogens is 244 g/mol. The monoisotopic (exact) mass is 264 g/mol. The predicted octanol–water partition coefficient (Wildman–Crippen LogP) is 2.32. The highest BCUT2D eigenvalue weighted by Crippen LogP contribution is 2.12. The molecule has 17 heavy (non-hydrogen) atoms. The number of alkyl halides is 1. The molecule has 0 fully saturated rings. The summed E-state index contributed by atoms with van der Waals surface area (Å²) in [5, 5.41) is 0. The van der Waals surface area contributed by atoms with Gasteiger partial charge >= 0.3 is 5.97 Å².